The Balaban J connectivity index is 2.63. The molecule has 1 aromatic carbocycles. The highest BCUT2D eigenvalue weighted by atomic mass is 32.2. The van der Waals surface area contributed by atoms with Crippen molar-refractivity contribution in [3.8, 4) is 0 Å². The zero-order valence-corrected chi connectivity index (χ0v) is 9.40. The fraction of sp³-hybridized carbons (Fsp3) is 0.300. The Morgan fingerprint density at radius 1 is 1.27 bits per heavy atom. The van der Waals surface area contributed by atoms with E-state index in [-0.39, 0.29) is 6.04 Å². The molecule has 1 aliphatic rings. The van der Waals surface area contributed by atoms with Gasteiger partial charge in [-0.3, -0.25) is 0 Å². The summed E-state index contributed by atoms with van der Waals surface area (Å²) in [6, 6.07) is 6.69. The van der Waals surface area contributed by atoms with Crippen molar-refractivity contribution < 1.29 is 8.42 Å². The highest BCUT2D eigenvalue weighted by Gasteiger charge is 2.30. The minimum absolute atomic E-state index is 0.167. The minimum Gasteiger partial charge on any atom is -0.200 e. The van der Waals surface area contributed by atoms with E-state index in [2.05, 4.69) is 5.10 Å². The lowest BCUT2D eigenvalue weighted by atomic mass is 10.2. The molecular formula is C10H12N2O2S. The van der Waals surface area contributed by atoms with Crippen LogP contribution in [0.5, 0.6) is 0 Å². The number of hydrogen-bond donors (Lipinski definition) is 0. The number of rotatable bonds is 1. The lowest BCUT2D eigenvalue weighted by Gasteiger charge is -2.26. The Morgan fingerprint density at radius 3 is 2.60 bits per heavy atom. The van der Waals surface area contributed by atoms with Crippen LogP contribution in [-0.4, -0.2) is 25.1 Å². The van der Waals surface area contributed by atoms with Crippen LogP contribution in [0, 0.1) is 0 Å². The average molecular weight is 224 g/mol. The van der Waals surface area contributed by atoms with Crippen molar-refractivity contribution in [3.05, 3.63) is 29.8 Å². The molecule has 1 aliphatic heterocycles. The van der Waals surface area contributed by atoms with Gasteiger partial charge in [-0.05, 0) is 19.9 Å². The molecule has 0 amide bonds. The molecule has 80 valence electrons. The zero-order chi connectivity index (χ0) is 11.1. The Morgan fingerprint density at radius 2 is 1.93 bits per heavy atom. The summed E-state index contributed by atoms with van der Waals surface area (Å²) in [6.07, 6.45) is 1.58. The van der Waals surface area contributed by atoms with Crippen molar-refractivity contribution in [1.82, 2.24) is 4.41 Å². The van der Waals surface area contributed by atoms with Gasteiger partial charge in [0.1, 0.15) is 0 Å². The number of hydrogen-bond acceptors (Lipinski definition) is 3. The molecule has 0 N–H and O–H groups in total. The number of benzene rings is 1. The first-order valence-corrected chi connectivity index (χ1v) is 6.15. The van der Waals surface area contributed by atoms with Gasteiger partial charge in [-0.1, -0.05) is 18.2 Å². The third-order valence-electron chi connectivity index (χ3n) is 2.20. The summed E-state index contributed by atoms with van der Waals surface area (Å²) in [5.74, 6) is 0. The van der Waals surface area contributed by atoms with Crippen molar-refractivity contribution in [2.75, 3.05) is 0 Å². The van der Waals surface area contributed by atoms with Crippen LogP contribution in [0.25, 0.3) is 0 Å². The lowest BCUT2D eigenvalue weighted by Crippen LogP contribution is -2.35. The van der Waals surface area contributed by atoms with Gasteiger partial charge in [-0.15, -0.1) is 0 Å². The van der Waals surface area contributed by atoms with Crippen LogP contribution >= 0.6 is 0 Å². The summed E-state index contributed by atoms with van der Waals surface area (Å²) in [5, 5.41) is 3.94. The van der Waals surface area contributed by atoms with E-state index in [0.717, 1.165) is 4.41 Å². The van der Waals surface area contributed by atoms with E-state index in [1.165, 1.54) is 0 Å². The van der Waals surface area contributed by atoms with Crippen LogP contribution < -0.4 is 0 Å². The van der Waals surface area contributed by atoms with Gasteiger partial charge >= 0.3 is 0 Å². The first-order chi connectivity index (χ1) is 7.03. The summed E-state index contributed by atoms with van der Waals surface area (Å²) in [4.78, 5) is 0.328. The second kappa shape index (κ2) is 3.34. The third kappa shape index (κ3) is 1.52. The van der Waals surface area contributed by atoms with Gasteiger partial charge in [0.2, 0.25) is 0 Å². The van der Waals surface area contributed by atoms with Gasteiger partial charge in [-0.25, -0.2) is 0 Å². The van der Waals surface area contributed by atoms with Crippen LogP contribution in [0.3, 0.4) is 0 Å². The maximum absolute atomic E-state index is 12.1. The fourth-order valence-electron chi connectivity index (χ4n) is 1.51. The first-order valence-electron chi connectivity index (χ1n) is 4.71. The summed E-state index contributed by atoms with van der Waals surface area (Å²) >= 11 is 0. The summed E-state index contributed by atoms with van der Waals surface area (Å²) < 4.78 is 25.2. The van der Waals surface area contributed by atoms with Gasteiger partial charge in [-0.2, -0.15) is 17.9 Å². The highest BCUT2D eigenvalue weighted by Crippen LogP contribution is 2.24. The molecule has 0 radical (unpaired) electrons. The van der Waals surface area contributed by atoms with E-state index in [0.29, 0.717) is 10.5 Å². The maximum Gasteiger partial charge on any atom is 0.279 e. The van der Waals surface area contributed by atoms with Gasteiger partial charge in [0.25, 0.3) is 10.0 Å². The van der Waals surface area contributed by atoms with Gasteiger partial charge in [0, 0.05) is 5.56 Å². The lowest BCUT2D eigenvalue weighted by molar-refractivity contribution is 0.369. The van der Waals surface area contributed by atoms with Crippen LogP contribution in [0.4, 0.5) is 0 Å². The Bertz CT molecular complexity index is 506. The van der Waals surface area contributed by atoms with Crippen LogP contribution in [-0.2, 0) is 10.0 Å². The Hall–Kier alpha value is -1.36. The number of hydrazone groups is 1. The molecular weight excluding hydrogens is 212 g/mol. The minimum atomic E-state index is -3.45. The standard InChI is InChI=1S/C10H12N2O2S/c1-8(2)12-11-7-9-5-3-4-6-10(9)15(12,13)14/h3-8H,1-2H3. The van der Waals surface area contributed by atoms with E-state index >= 15 is 0 Å². The Kier molecular flexibility index (Phi) is 2.26. The predicted molar refractivity (Wildman–Crippen MR) is 58.2 cm³/mol. The topological polar surface area (TPSA) is 49.7 Å². The van der Waals surface area contributed by atoms with Gasteiger partial charge < -0.3 is 0 Å². The summed E-state index contributed by atoms with van der Waals surface area (Å²) in [7, 11) is -3.45. The molecule has 5 heteroatoms. The van der Waals surface area contributed by atoms with E-state index in [1.807, 2.05) is 0 Å². The second-order valence-corrected chi connectivity index (χ2v) is 5.42. The molecule has 4 nitrogen and oxygen atoms in total. The molecule has 0 spiro atoms. The molecule has 0 aliphatic carbocycles. The molecule has 0 aromatic heterocycles. The second-order valence-electron chi connectivity index (χ2n) is 3.65. The highest BCUT2D eigenvalue weighted by molar-refractivity contribution is 7.89. The molecule has 1 heterocycles. The van der Waals surface area contributed by atoms with Crippen molar-refractivity contribution in [1.29, 1.82) is 0 Å². The largest absolute Gasteiger partial charge is 0.279 e. The number of fused-ring (bicyclic) bond motifs is 1. The van der Waals surface area contributed by atoms with E-state index in [4.69, 9.17) is 0 Å². The van der Waals surface area contributed by atoms with Crippen molar-refractivity contribution in [3.63, 3.8) is 0 Å². The predicted octanol–water partition coefficient (Wildman–Crippen LogP) is 1.43. The zero-order valence-electron chi connectivity index (χ0n) is 8.58. The van der Waals surface area contributed by atoms with Crippen molar-refractivity contribution >= 4 is 16.2 Å². The smallest absolute Gasteiger partial charge is 0.200 e. The molecule has 0 unspecified atom stereocenters. The molecule has 0 fully saturated rings. The van der Waals surface area contributed by atoms with E-state index < -0.39 is 10.0 Å². The molecule has 0 atom stereocenters. The molecule has 0 saturated carbocycles. The molecule has 2 rings (SSSR count). The van der Waals surface area contributed by atoms with Crippen LogP contribution in [0.2, 0.25) is 0 Å². The molecule has 1 aromatic rings. The fourth-order valence-corrected chi connectivity index (χ4v) is 3.11. The van der Waals surface area contributed by atoms with Crippen molar-refractivity contribution in [2.45, 2.75) is 24.8 Å². The summed E-state index contributed by atoms with van der Waals surface area (Å²) in [5.41, 5.74) is 0.648. The molecule has 0 bridgehead atoms. The normalized spacial score (nSPS) is 17.9. The quantitative estimate of drug-likeness (QED) is 0.724. The van der Waals surface area contributed by atoms with Crippen LogP contribution in [0.15, 0.2) is 34.3 Å². The number of nitrogens with zero attached hydrogens (tertiary/aromatic N) is 2. The first kappa shape index (κ1) is 10.2. The third-order valence-corrected chi connectivity index (χ3v) is 4.13. The Labute approximate surface area is 89.3 Å². The molecule has 0 saturated heterocycles. The SMILES string of the molecule is CC(C)N1N=Cc2ccccc2S1(=O)=O. The van der Waals surface area contributed by atoms with Gasteiger partial charge in [0.15, 0.2) is 0 Å². The van der Waals surface area contributed by atoms with E-state index in [9.17, 15) is 8.42 Å². The average Bonchev–Trinajstić information content (AvgIpc) is 2.17. The summed E-state index contributed by atoms with van der Waals surface area (Å²) in [6.45, 7) is 3.59. The monoisotopic (exact) mass is 224 g/mol. The molecule has 15 heavy (non-hydrogen) atoms. The van der Waals surface area contributed by atoms with Crippen LogP contribution in [0.1, 0.15) is 19.4 Å². The van der Waals surface area contributed by atoms with E-state index in [1.54, 1.807) is 44.3 Å². The number of sulfonamides is 1. The van der Waals surface area contributed by atoms with Crippen molar-refractivity contribution in [2.24, 2.45) is 5.10 Å². The maximum atomic E-state index is 12.1. The van der Waals surface area contributed by atoms with Gasteiger partial charge in [0.05, 0.1) is 17.2 Å².